The minimum Gasteiger partial charge on any atom is -0.462 e. The van der Waals surface area contributed by atoms with E-state index in [4.69, 9.17) is 37.0 Å². The van der Waals surface area contributed by atoms with E-state index in [0.29, 0.717) is 25.7 Å². The lowest BCUT2D eigenvalue weighted by molar-refractivity contribution is -0.161. The van der Waals surface area contributed by atoms with E-state index in [9.17, 15) is 43.2 Å². The molecule has 0 aliphatic heterocycles. The Morgan fingerprint density at radius 1 is 0.287 bits per heavy atom. The van der Waals surface area contributed by atoms with Gasteiger partial charge >= 0.3 is 39.5 Å². The van der Waals surface area contributed by atoms with E-state index in [1.165, 1.54) is 212 Å². The van der Waals surface area contributed by atoms with Gasteiger partial charge in [0.05, 0.1) is 26.4 Å². The molecule has 0 aliphatic carbocycles. The van der Waals surface area contributed by atoms with Gasteiger partial charge in [0.15, 0.2) is 12.2 Å². The number of aliphatic hydroxyl groups is 1. The van der Waals surface area contributed by atoms with Gasteiger partial charge in [-0.2, -0.15) is 0 Å². The number of ether oxygens (including phenoxy) is 4. The first-order valence-electron chi connectivity index (χ1n) is 39.1. The molecule has 0 aromatic rings. The smallest absolute Gasteiger partial charge is 0.462 e. The molecule has 0 saturated heterocycles. The Bertz CT molecular complexity index is 1810. The molecule has 2 unspecified atom stereocenters. The summed E-state index contributed by atoms with van der Waals surface area (Å²) in [5.74, 6) is -1.33. The molecule has 0 fully saturated rings. The zero-order chi connectivity index (χ0) is 69.1. The highest BCUT2D eigenvalue weighted by atomic mass is 31.2. The maximum atomic E-state index is 13.1. The summed E-state index contributed by atoms with van der Waals surface area (Å²) in [5, 5.41) is 10.6. The average Bonchev–Trinajstić information content (AvgIpc) is 1.40. The molecule has 0 spiro atoms. The highest BCUT2D eigenvalue weighted by molar-refractivity contribution is 7.47. The molecular weight excluding hydrogens is 1230 g/mol. The lowest BCUT2D eigenvalue weighted by Crippen LogP contribution is -2.30. The minimum atomic E-state index is -4.95. The zero-order valence-electron chi connectivity index (χ0n) is 61.1. The van der Waals surface area contributed by atoms with E-state index in [-0.39, 0.29) is 25.7 Å². The van der Waals surface area contributed by atoms with Crippen LogP contribution < -0.4 is 0 Å². The molecule has 0 bridgehead atoms. The summed E-state index contributed by atoms with van der Waals surface area (Å²) < 4.78 is 68.3. The molecule has 5 atom stereocenters. The molecule has 0 amide bonds. The molecule has 3 N–H and O–H groups in total. The molecule has 0 radical (unpaired) electrons. The molecule has 94 heavy (non-hydrogen) atoms. The first-order chi connectivity index (χ1) is 45.5. The third kappa shape index (κ3) is 68.6. The Hall–Kier alpha value is -1.94. The lowest BCUT2D eigenvalue weighted by atomic mass is 10.0. The van der Waals surface area contributed by atoms with Crippen LogP contribution >= 0.6 is 15.6 Å². The summed E-state index contributed by atoms with van der Waals surface area (Å²) in [4.78, 5) is 72.5. The van der Waals surface area contributed by atoms with Crippen LogP contribution in [0.5, 0.6) is 0 Å². The SMILES string of the molecule is CCCCCCCCCCCCCCCCCCCC(=O)OC[C@H](COP(=O)(O)OC[C@@H](O)COP(=O)(O)OC[C@@H](COC(=O)CCCCCCC)OC(=O)CCCCCCCCCCCCCCCCC)OC(=O)CCCCCCCCCCCCCCCCC(C)C. The van der Waals surface area contributed by atoms with Gasteiger partial charge in [-0.3, -0.25) is 37.3 Å². The number of aliphatic hydroxyl groups excluding tert-OH is 1. The van der Waals surface area contributed by atoms with E-state index in [1.807, 2.05) is 0 Å². The van der Waals surface area contributed by atoms with Crippen molar-refractivity contribution in [1.82, 2.24) is 0 Å². The van der Waals surface area contributed by atoms with Gasteiger partial charge < -0.3 is 33.8 Å². The summed E-state index contributed by atoms with van der Waals surface area (Å²) >= 11 is 0. The van der Waals surface area contributed by atoms with Crippen molar-refractivity contribution in [2.75, 3.05) is 39.6 Å². The summed E-state index contributed by atoms with van der Waals surface area (Å²) in [6.07, 6.45) is 57.2. The number of unbranched alkanes of at least 4 members (excludes halogenated alkanes) is 47. The highest BCUT2D eigenvalue weighted by Gasteiger charge is 2.30. The summed E-state index contributed by atoms with van der Waals surface area (Å²) in [5.41, 5.74) is 0. The van der Waals surface area contributed by atoms with Crippen LogP contribution in [0.15, 0.2) is 0 Å². The van der Waals surface area contributed by atoms with Gasteiger partial charge in [-0.1, -0.05) is 343 Å². The maximum Gasteiger partial charge on any atom is 0.472 e. The first kappa shape index (κ1) is 92.1. The summed E-state index contributed by atoms with van der Waals surface area (Å²) in [6.45, 7) is 7.23. The van der Waals surface area contributed by atoms with E-state index < -0.39 is 97.5 Å². The monoisotopic (exact) mass is 1380 g/mol. The number of carbonyl (C=O) groups is 4. The van der Waals surface area contributed by atoms with Gasteiger partial charge in [0.2, 0.25) is 0 Å². The second-order valence-electron chi connectivity index (χ2n) is 27.5. The van der Waals surface area contributed by atoms with Crippen molar-refractivity contribution in [3.05, 3.63) is 0 Å². The third-order valence-electron chi connectivity index (χ3n) is 17.5. The lowest BCUT2D eigenvalue weighted by Gasteiger charge is -2.21. The van der Waals surface area contributed by atoms with Crippen LogP contribution in [0, 0.1) is 5.92 Å². The van der Waals surface area contributed by atoms with Crippen LogP contribution in [0.1, 0.15) is 394 Å². The Morgan fingerprint density at radius 3 is 0.723 bits per heavy atom. The van der Waals surface area contributed by atoms with Crippen LogP contribution in [0.25, 0.3) is 0 Å². The average molecular weight is 1380 g/mol. The van der Waals surface area contributed by atoms with Crippen molar-refractivity contribution < 1.29 is 80.2 Å². The van der Waals surface area contributed by atoms with Crippen molar-refractivity contribution in [1.29, 1.82) is 0 Å². The Morgan fingerprint density at radius 2 is 0.489 bits per heavy atom. The van der Waals surface area contributed by atoms with Crippen LogP contribution in [0.2, 0.25) is 0 Å². The molecule has 0 saturated carbocycles. The minimum absolute atomic E-state index is 0.107. The first-order valence-corrected chi connectivity index (χ1v) is 42.1. The fourth-order valence-electron chi connectivity index (χ4n) is 11.5. The number of phosphoric acid groups is 2. The Balaban J connectivity index is 5.14. The van der Waals surface area contributed by atoms with Crippen molar-refractivity contribution in [2.45, 2.75) is 412 Å². The van der Waals surface area contributed by atoms with Gasteiger partial charge in [0.1, 0.15) is 19.3 Å². The summed E-state index contributed by atoms with van der Waals surface area (Å²) in [6, 6.07) is 0. The Kier molecular flexibility index (Phi) is 66.8. The molecule has 0 heterocycles. The van der Waals surface area contributed by atoms with Crippen molar-refractivity contribution in [3.63, 3.8) is 0 Å². The van der Waals surface area contributed by atoms with E-state index in [2.05, 4.69) is 34.6 Å². The summed E-state index contributed by atoms with van der Waals surface area (Å²) in [7, 11) is -9.90. The highest BCUT2D eigenvalue weighted by Crippen LogP contribution is 2.45. The van der Waals surface area contributed by atoms with Crippen molar-refractivity contribution in [2.24, 2.45) is 5.92 Å². The molecule has 0 aromatic carbocycles. The maximum absolute atomic E-state index is 13.1. The van der Waals surface area contributed by atoms with E-state index in [0.717, 1.165) is 102 Å². The molecular formula is C75H146O17P2. The number of carbonyl (C=O) groups excluding carboxylic acids is 4. The second-order valence-corrected chi connectivity index (χ2v) is 30.4. The third-order valence-corrected chi connectivity index (χ3v) is 19.4. The fourth-order valence-corrected chi connectivity index (χ4v) is 13.1. The predicted molar refractivity (Wildman–Crippen MR) is 382 cm³/mol. The predicted octanol–water partition coefficient (Wildman–Crippen LogP) is 22.1. The molecule has 17 nitrogen and oxygen atoms in total. The number of phosphoric ester groups is 2. The van der Waals surface area contributed by atoms with Gasteiger partial charge in [0.25, 0.3) is 0 Å². The molecule has 0 rings (SSSR count). The van der Waals surface area contributed by atoms with Crippen LogP contribution in [0.3, 0.4) is 0 Å². The topological polar surface area (TPSA) is 237 Å². The second kappa shape index (κ2) is 68.2. The van der Waals surface area contributed by atoms with Gasteiger partial charge in [-0.25, -0.2) is 9.13 Å². The molecule has 0 aromatic heterocycles. The standard InChI is InChI=1S/C75H146O17P2/c1-6-9-12-15-17-19-21-23-25-26-28-32-36-40-44-49-54-59-73(78)86-65-71(92-75(80)61-56-51-46-42-38-34-30-29-31-35-39-43-48-52-57-68(4)5)67-90-94(83,84)88-63-69(76)62-87-93(81,82)89-66-70(64-85-72(77)58-53-47-14-11-8-3)91-74(79)60-55-50-45-41-37-33-27-24-22-20-18-16-13-10-7-2/h68-71,76H,6-67H2,1-5H3,(H,81,82)(H,83,84)/t69-,70+,71+/m0/s1. The normalized spacial score (nSPS) is 14.0. The van der Waals surface area contributed by atoms with Crippen LogP contribution in [0.4, 0.5) is 0 Å². The zero-order valence-corrected chi connectivity index (χ0v) is 62.9. The number of rotatable bonds is 75. The van der Waals surface area contributed by atoms with Crippen molar-refractivity contribution in [3.8, 4) is 0 Å². The van der Waals surface area contributed by atoms with Crippen LogP contribution in [-0.2, 0) is 65.4 Å². The van der Waals surface area contributed by atoms with E-state index in [1.54, 1.807) is 0 Å². The number of hydrogen-bond acceptors (Lipinski definition) is 15. The van der Waals surface area contributed by atoms with Gasteiger partial charge in [-0.05, 0) is 31.6 Å². The van der Waals surface area contributed by atoms with Gasteiger partial charge in [-0.15, -0.1) is 0 Å². The Labute approximate surface area is 575 Å². The molecule has 558 valence electrons. The van der Waals surface area contributed by atoms with Crippen molar-refractivity contribution >= 4 is 39.5 Å². The molecule has 19 heteroatoms. The van der Waals surface area contributed by atoms with Gasteiger partial charge in [0, 0.05) is 25.7 Å². The largest absolute Gasteiger partial charge is 0.472 e. The number of hydrogen-bond donors (Lipinski definition) is 3. The van der Waals surface area contributed by atoms with E-state index >= 15 is 0 Å². The fraction of sp³-hybridized carbons (Fsp3) is 0.947. The number of esters is 4. The van der Waals surface area contributed by atoms with Crippen LogP contribution in [-0.4, -0.2) is 96.7 Å². The quantitative estimate of drug-likeness (QED) is 0.0222. The molecule has 0 aliphatic rings.